The minimum atomic E-state index is -0.961. The molecule has 0 radical (unpaired) electrons. The van der Waals surface area contributed by atoms with Gasteiger partial charge in [-0.3, -0.25) is 9.59 Å². The third kappa shape index (κ3) is 4.37. The predicted molar refractivity (Wildman–Crippen MR) is 113 cm³/mol. The third-order valence-electron chi connectivity index (χ3n) is 5.71. The lowest BCUT2D eigenvalue weighted by Gasteiger charge is -2.30. The van der Waals surface area contributed by atoms with Crippen LogP contribution in [0.25, 0.3) is 0 Å². The number of hydrogen-bond donors (Lipinski definition) is 0. The second-order valence-electron chi connectivity index (χ2n) is 7.78. The summed E-state index contributed by atoms with van der Waals surface area (Å²) in [4.78, 5) is 41.4. The van der Waals surface area contributed by atoms with Gasteiger partial charge in [0.05, 0.1) is 5.56 Å². The molecule has 2 aliphatic heterocycles. The van der Waals surface area contributed by atoms with Crippen LogP contribution in [-0.2, 0) is 14.3 Å². The van der Waals surface area contributed by atoms with E-state index in [4.69, 9.17) is 4.74 Å². The quantitative estimate of drug-likeness (QED) is 0.710. The number of nitrogens with zero attached hydrogens (tertiary/aromatic N) is 2. The Morgan fingerprint density at radius 2 is 1.53 bits per heavy atom. The molecule has 2 amide bonds. The summed E-state index contributed by atoms with van der Waals surface area (Å²) < 4.78 is 5.71. The number of hydrogen-bond acceptors (Lipinski definition) is 4. The number of carbonyl (C=O) groups is 3. The van der Waals surface area contributed by atoms with Gasteiger partial charge in [-0.05, 0) is 49.9 Å². The van der Waals surface area contributed by atoms with Crippen molar-refractivity contribution < 1.29 is 19.1 Å². The van der Waals surface area contributed by atoms with E-state index < -0.39 is 12.1 Å². The zero-order valence-electron chi connectivity index (χ0n) is 17.0. The molecule has 2 fully saturated rings. The lowest BCUT2D eigenvalue weighted by atomic mass is 10.1. The zero-order valence-corrected chi connectivity index (χ0v) is 17.0. The van der Waals surface area contributed by atoms with Crippen LogP contribution in [0.2, 0.25) is 0 Å². The molecule has 2 aromatic rings. The van der Waals surface area contributed by atoms with Gasteiger partial charge >= 0.3 is 5.97 Å². The number of rotatable bonds is 5. The van der Waals surface area contributed by atoms with Crippen LogP contribution in [0.3, 0.4) is 0 Å². The minimum absolute atomic E-state index is 0.0987. The van der Waals surface area contributed by atoms with E-state index in [1.807, 2.05) is 30.3 Å². The highest BCUT2D eigenvalue weighted by Crippen LogP contribution is 2.26. The van der Waals surface area contributed by atoms with Crippen molar-refractivity contribution in [3.8, 4) is 0 Å². The van der Waals surface area contributed by atoms with Crippen molar-refractivity contribution in [2.45, 2.75) is 38.2 Å². The van der Waals surface area contributed by atoms with Crippen LogP contribution in [-0.4, -0.2) is 42.3 Å². The van der Waals surface area contributed by atoms with Crippen LogP contribution in [0, 0.1) is 0 Å². The first kappa shape index (κ1) is 20.1. The molecule has 4 rings (SSSR count). The molecule has 0 unspecified atom stereocenters. The van der Waals surface area contributed by atoms with E-state index in [1.165, 1.54) is 0 Å². The van der Waals surface area contributed by atoms with E-state index in [1.54, 1.807) is 34.1 Å². The summed E-state index contributed by atoms with van der Waals surface area (Å²) in [6.45, 7) is 2.08. The first-order chi connectivity index (χ1) is 14.6. The average molecular weight is 406 g/mol. The maximum absolute atomic E-state index is 13.1. The second-order valence-corrected chi connectivity index (χ2v) is 7.78. The largest absolute Gasteiger partial charge is 0.444 e. The van der Waals surface area contributed by atoms with Gasteiger partial charge in [0.1, 0.15) is 0 Å². The van der Waals surface area contributed by atoms with Gasteiger partial charge < -0.3 is 14.5 Å². The Kier molecular flexibility index (Phi) is 6.12. The smallest absolute Gasteiger partial charge is 0.339 e. The fourth-order valence-electron chi connectivity index (χ4n) is 4.04. The molecule has 2 aliphatic rings. The van der Waals surface area contributed by atoms with Crippen LogP contribution in [0.15, 0.2) is 54.6 Å². The van der Waals surface area contributed by atoms with Crippen LogP contribution in [0.1, 0.15) is 54.1 Å². The van der Waals surface area contributed by atoms with E-state index in [-0.39, 0.29) is 11.8 Å². The predicted octanol–water partition coefficient (Wildman–Crippen LogP) is 3.72. The highest BCUT2D eigenvalue weighted by Gasteiger charge is 2.30. The normalized spacial score (nSPS) is 17.7. The van der Waals surface area contributed by atoms with Crippen LogP contribution in [0.5, 0.6) is 0 Å². The molecular formula is C24H26N2O4. The molecule has 2 saturated heterocycles. The molecule has 0 spiro atoms. The Balaban J connectivity index is 1.51. The van der Waals surface area contributed by atoms with E-state index in [0.29, 0.717) is 37.2 Å². The van der Waals surface area contributed by atoms with E-state index in [9.17, 15) is 14.4 Å². The van der Waals surface area contributed by atoms with Crippen LogP contribution < -0.4 is 4.90 Å². The molecule has 30 heavy (non-hydrogen) atoms. The van der Waals surface area contributed by atoms with Gasteiger partial charge in [-0.15, -0.1) is 0 Å². The summed E-state index contributed by atoms with van der Waals surface area (Å²) in [5.41, 5.74) is 1.80. The van der Waals surface area contributed by atoms with Gasteiger partial charge in [-0.2, -0.15) is 0 Å². The highest BCUT2D eigenvalue weighted by atomic mass is 16.5. The maximum atomic E-state index is 13.1. The molecule has 6 heteroatoms. The van der Waals surface area contributed by atoms with Gasteiger partial charge in [-0.1, -0.05) is 30.3 Å². The fourth-order valence-corrected chi connectivity index (χ4v) is 4.04. The minimum Gasteiger partial charge on any atom is -0.444 e. The summed E-state index contributed by atoms with van der Waals surface area (Å²) in [7, 11) is 0. The average Bonchev–Trinajstić information content (AvgIpc) is 3.24. The Morgan fingerprint density at radius 3 is 2.17 bits per heavy atom. The molecule has 0 bridgehead atoms. The zero-order chi connectivity index (χ0) is 20.9. The Bertz CT molecular complexity index is 905. The first-order valence-corrected chi connectivity index (χ1v) is 10.6. The molecular weight excluding hydrogens is 380 g/mol. The lowest BCUT2D eigenvalue weighted by molar-refractivity contribution is -0.142. The SMILES string of the molecule is O=C(O[C@@H](C(=O)N1CCCCC1)c1ccccc1)c1ccc(N2CCCC2=O)cc1. The van der Waals surface area contributed by atoms with Crippen molar-refractivity contribution in [1.82, 2.24) is 4.90 Å². The molecule has 0 aromatic heterocycles. The van der Waals surface area contributed by atoms with Crippen molar-refractivity contribution in [2.75, 3.05) is 24.5 Å². The van der Waals surface area contributed by atoms with E-state index in [2.05, 4.69) is 0 Å². The maximum Gasteiger partial charge on any atom is 0.339 e. The fraction of sp³-hybridized carbons (Fsp3) is 0.375. The molecule has 156 valence electrons. The summed E-state index contributed by atoms with van der Waals surface area (Å²) in [6.07, 6.45) is 3.50. The molecule has 0 aliphatic carbocycles. The number of ether oxygens (including phenoxy) is 1. The second kappa shape index (κ2) is 9.11. The van der Waals surface area contributed by atoms with Crippen molar-refractivity contribution in [3.63, 3.8) is 0 Å². The summed E-state index contributed by atoms with van der Waals surface area (Å²) in [5, 5.41) is 0. The number of anilines is 1. The summed E-state index contributed by atoms with van der Waals surface area (Å²) in [6, 6.07) is 16.0. The molecule has 2 heterocycles. The lowest BCUT2D eigenvalue weighted by Crippen LogP contribution is -2.40. The number of esters is 1. The van der Waals surface area contributed by atoms with Gasteiger partial charge in [0.25, 0.3) is 5.91 Å². The Labute approximate surface area is 176 Å². The molecule has 2 aromatic carbocycles. The number of benzene rings is 2. The van der Waals surface area contributed by atoms with Gasteiger partial charge in [0, 0.05) is 37.3 Å². The highest BCUT2D eigenvalue weighted by molar-refractivity contribution is 5.97. The van der Waals surface area contributed by atoms with Gasteiger partial charge in [0.15, 0.2) is 0 Å². The number of amides is 2. The van der Waals surface area contributed by atoms with Crippen LogP contribution in [0.4, 0.5) is 5.69 Å². The standard InChI is InChI=1S/C24H26N2O4/c27-21-10-7-17-26(21)20-13-11-19(12-14-20)24(29)30-22(18-8-3-1-4-9-18)23(28)25-15-5-2-6-16-25/h1,3-4,8-9,11-14,22H,2,5-7,10,15-17H2/t22-/m1/s1. The van der Waals surface area contributed by atoms with Gasteiger partial charge in [-0.25, -0.2) is 4.79 Å². The van der Waals surface area contributed by atoms with Crippen molar-refractivity contribution in [2.24, 2.45) is 0 Å². The molecule has 1 atom stereocenters. The number of carbonyl (C=O) groups excluding carboxylic acids is 3. The number of piperidine rings is 1. The van der Waals surface area contributed by atoms with Gasteiger partial charge in [0.2, 0.25) is 12.0 Å². The van der Waals surface area contributed by atoms with E-state index >= 15 is 0 Å². The van der Waals surface area contributed by atoms with Crippen molar-refractivity contribution in [3.05, 3.63) is 65.7 Å². The Hall–Kier alpha value is -3.15. The van der Waals surface area contributed by atoms with Crippen molar-refractivity contribution >= 4 is 23.5 Å². The molecule has 0 N–H and O–H groups in total. The Morgan fingerprint density at radius 1 is 0.833 bits per heavy atom. The third-order valence-corrected chi connectivity index (χ3v) is 5.71. The first-order valence-electron chi connectivity index (χ1n) is 10.6. The topological polar surface area (TPSA) is 66.9 Å². The summed E-state index contributed by atoms with van der Waals surface area (Å²) >= 11 is 0. The molecule has 0 saturated carbocycles. The molecule has 6 nitrogen and oxygen atoms in total. The van der Waals surface area contributed by atoms with E-state index in [0.717, 1.165) is 31.4 Å². The number of likely N-dealkylation sites (tertiary alicyclic amines) is 1. The van der Waals surface area contributed by atoms with Crippen molar-refractivity contribution in [1.29, 1.82) is 0 Å². The van der Waals surface area contributed by atoms with Crippen LogP contribution >= 0.6 is 0 Å². The summed E-state index contributed by atoms with van der Waals surface area (Å²) in [5.74, 6) is -0.622. The monoisotopic (exact) mass is 406 g/mol.